The van der Waals surface area contributed by atoms with Crippen molar-refractivity contribution in [1.29, 1.82) is 0 Å². The maximum Gasteiger partial charge on any atom is 0.261 e. The number of hydrogen-bond acceptors (Lipinski definition) is 6. The molecule has 0 aromatic heterocycles. The third kappa shape index (κ3) is 5.29. The molecule has 4 rings (SSSR count). The van der Waals surface area contributed by atoms with E-state index >= 15 is 0 Å². The van der Waals surface area contributed by atoms with E-state index in [1.165, 1.54) is 11.0 Å². The summed E-state index contributed by atoms with van der Waals surface area (Å²) in [7, 11) is 1.58. The van der Waals surface area contributed by atoms with Crippen LogP contribution < -0.4 is 5.32 Å². The van der Waals surface area contributed by atoms with Gasteiger partial charge in [-0.15, -0.1) is 0 Å². The lowest BCUT2D eigenvalue weighted by Gasteiger charge is -2.26. The van der Waals surface area contributed by atoms with Crippen molar-refractivity contribution in [2.24, 2.45) is 0 Å². The van der Waals surface area contributed by atoms with E-state index in [1.54, 1.807) is 19.2 Å². The van der Waals surface area contributed by atoms with Gasteiger partial charge in [0.05, 0.1) is 11.1 Å². The third-order valence-electron chi connectivity index (χ3n) is 6.02. The van der Waals surface area contributed by atoms with Crippen molar-refractivity contribution in [3.63, 3.8) is 0 Å². The number of nitrogens with zero attached hydrogens (tertiary/aromatic N) is 2. The second kappa shape index (κ2) is 10.5. The Morgan fingerprint density at radius 3 is 2.58 bits per heavy atom. The van der Waals surface area contributed by atoms with Gasteiger partial charge in [-0.2, -0.15) is 11.8 Å². The molecule has 3 amide bonds. The summed E-state index contributed by atoms with van der Waals surface area (Å²) < 4.78 is 5.01. The third-order valence-corrected chi connectivity index (χ3v) is 6.97. The first-order valence-electron chi connectivity index (χ1n) is 11.2. The Labute approximate surface area is 198 Å². The van der Waals surface area contributed by atoms with E-state index in [0.29, 0.717) is 30.7 Å². The zero-order chi connectivity index (χ0) is 23.4. The number of hydrogen-bond donors (Lipinski definition) is 1. The molecule has 0 unspecified atom stereocenters. The molecule has 2 aromatic rings. The van der Waals surface area contributed by atoms with Crippen LogP contribution in [0.5, 0.6) is 0 Å². The number of nitrogens with one attached hydrogen (secondary N) is 1. The van der Waals surface area contributed by atoms with Gasteiger partial charge in [-0.1, -0.05) is 12.1 Å². The van der Waals surface area contributed by atoms with E-state index in [1.807, 2.05) is 30.8 Å². The number of imide groups is 1. The molecule has 0 bridgehead atoms. The SMILES string of the molecule is COCCCN1C(=O)c2ccc(C(=O)Nc3cc(CN4CCSCC4)ccc3C)cc2C1=O. The second-order valence-corrected chi connectivity index (χ2v) is 9.59. The summed E-state index contributed by atoms with van der Waals surface area (Å²) in [5, 5.41) is 2.99. The molecule has 2 aliphatic rings. The lowest BCUT2D eigenvalue weighted by Crippen LogP contribution is -2.32. The zero-order valence-corrected chi connectivity index (χ0v) is 19.9. The molecule has 7 nitrogen and oxygen atoms in total. The van der Waals surface area contributed by atoms with E-state index in [0.717, 1.165) is 48.0 Å². The molecule has 1 fully saturated rings. The van der Waals surface area contributed by atoms with Crippen LogP contribution in [-0.2, 0) is 11.3 Å². The Hall–Kier alpha value is -2.68. The first-order chi connectivity index (χ1) is 16.0. The predicted octanol–water partition coefficient (Wildman–Crippen LogP) is 3.43. The van der Waals surface area contributed by atoms with Gasteiger partial charge in [0.25, 0.3) is 17.7 Å². The predicted molar refractivity (Wildman–Crippen MR) is 130 cm³/mol. The van der Waals surface area contributed by atoms with Crippen molar-refractivity contribution in [2.75, 3.05) is 50.2 Å². The first kappa shape index (κ1) is 23.5. The van der Waals surface area contributed by atoms with Crippen LogP contribution in [0.4, 0.5) is 5.69 Å². The zero-order valence-electron chi connectivity index (χ0n) is 19.1. The highest BCUT2D eigenvalue weighted by molar-refractivity contribution is 7.99. The van der Waals surface area contributed by atoms with Crippen molar-refractivity contribution in [3.8, 4) is 0 Å². The first-order valence-corrected chi connectivity index (χ1v) is 12.3. The number of aryl methyl sites for hydroxylation is 1. The molecule has 2 aromatic carbocycles. The molecular weight excluding hydrogens is 438 g/mol. The van der Waals surface area contributed by atoms with Crippen LogP contribution in [0.3, 0.4) is 0 Å². The average Bonchev–Trinajstić information content (AvgIpc) is 3.06. The minimum absolute atomic E-state index is 0.276. The number of carbonyl (C=O) groups excluding carboxylic acids is 3. The van der Waals surface area contributed by atoms with Crippen LogP contribution in [-0.4, -0.2) is 72.4 Å². The highest BCUT2D eigenvalue weighted by atomic mass is 32.2. The maximum atomic E-state index is 13.0. The number of thioether (sulfide) groups is 1. The van der Waals surface area contributed by atoms with Crippen molar-refractivity contribution in [3.05, 3.63) is 64.2 Å². The number of methoxy groups -OCH3 is 1. The largest absolute Gasteiger partial charge is 0.385 e. The normalized spacial score (nSPS) is 16.2. The van der Waals surface area contributed by atoms with Gasteiger partial charge in [-0.05, 0) is 48.7 Å². The summed E-state index contributed by atoms with van der Waals surface area (Å²) in [6.45, 7) is 5.73. The molecule has 0 radical (unpaired) electrons. The summed E-state index contributed by atoms with van der Waals surface area (Å²) in [4.78, 5) is 42.0. The average molecular weight is 468 g/mol. The molecule has 1 N–H and O–H groups in total. The lowest BCUT2D eigenvalue weighted by atomic mass is 10.0. The molecule has 2 aliphatic heterocycles. The van der Waals surface area contributed by atoms with Gasteiger partial charge in [0.1, 0.15) is 0 Å². The van der Waals surface area contributed by atoms with E-state index in [2.05, 4.69) is 16.3 Å². The van der Waals surface area contributed by atoms with E-state index < -0.39 is 0 Å². The van der Waals surface area contributed by atoms with Gasteiger partial charge in [0.2, 0.25) is 0 Å². The monoisotopic (exact) mass is 467 g/mol. The molecule has 2 heterocycles. The molecule has 0 saturated carbocycles. The lowest BCUT2D eigenvalue weighted by molar-refractivity contribution is 0.0638. The van der Waals surface area contributed by atoms with Gasteiger partial charge in [-0.3, -0.25) is 24.2 Å². The minimum Gasteiger partial charge on any atom is -0.385 e. The Balaban J connectivity index is 1.47. The summed E-state index contributed by atoms with van der Waals surface area (Å²) >= 11 is 1.98. The summed E-state index contributed by atoms with van der Waals surface area (Å²) in [5.41, 5.74) is 3.85. The van der Waals surface area contributed by atoms with Gasteiger partial charge >= 0.3 is 0 Å². The molecule has 0 aliphatic carbocycles. The molecular formula is C25H29N3O4S. The molecule has 33 heavy (non-hydrogen) atoms. The molecule has 8 heteroatoms. The van der Waals surface area contributed by atoms with Crippen LogP contribution >= 0.6 is 11.8 Å². The van der Waals surface area contributed by atoms with Gasteiger partial charge in [-0.25, -0.2) is 0 Å². The fourth-order valence-electron chi connectivity index (χ4n) is 4.12. The van der Waals surface area contributed by atoms with Crippen molar-refractivity contribution >= 4 is 35.2 Å². The van der Waals surface area contributed by atoms with Gasteiger partial charge < -0.3 is 10.1 Å². The number of fused-ring (bicyclic) bond motifs is 1. The number of amides is 3. The minimum atomic E-state index is -0.362. The highest BCUT2D eigenvalue weighted by Gasteiger charge is 2.35. The topological polar surface area (TPSA) is 79.0 Å². The Morgan fingerprint density at radius 2 is 1.82 bits per heavy atom. The quantitative estimate of drug-likeness (QED) is 0.473. The van der Waals surface area contributed by atoms with Crippen LogP contribution in [0, 0.1) is 6.92 Å². The van der Waals surface area contributed by atoms with Crippen LogP contribution in [0.2, 0.25) is 0 Å². The number of ether oxygens (including phenoxy) is 1. The number of rotatable bonds is 8. The Bertz CT molecular complexity index is 1070. The number of carbonyl (C=O) groups is 3. The fourth-order valence-corrected chi connectivity index (χ4v) is 5.09. The summed E-state index contributed by atoms with van der Waals surface area (Å²) in [5.74, 6) is 1.32. The standard InChI is InChI=1S/C25H29N3O4S/c1-17-4-5-18(16-27-9-12-33-13-10-27)14-22(17)26-23(29)19-6-7-20-21(15-19)25(31)28(24(20)30)8-3-11-32-2/h4-7,14-15H,3,8-13,16H2,1-2H3,(H,26,29). The Morgan fingerprint density at radius 1 is 1.06 bits per heavy atom. The van der Waals surface area contributed by atoms with Crippen LogP contribution in [0.1, 0.15) is 48.6 Å². The van der Waals surface area contributed by atoms with Crippen LogP contribution in [0.25, 0.3) is 0 Å². The van der Waals surface area contributed by atoms with Gasteiger partial charge in [0.15, 0.2) is 0 Å². The van der Waals surface area contributed by atoms with Crippen LogP contribution in [0.15, 0.2) is 36.4 Å². The maximum absolute atomic E-state index is 13.0. The van der Waals surface area contributed by atoms with Crippen molar-refractivity contribution in [1.82, 2.24) is 9.80 Å². The second-order valence-electron chi connectivity index (χ2n) is 8.36. The van der Waals surface area contributed by atoms with E-state index in [4.69, 9.17) is 4.74 Å². The smallest absolute Gasteiger partial charge is 0.261 e. The Kier molecular flexibility index (Phi) is 7.47. The van der Waals surface area contributed by atoms with E-state index in [9.17, 15) is 14.4 Å². The molecule has 0 atom stereocenters. The molecule has 0 spiro atoms. The van der Waals surface area contributed by atoms with E-state index in [-0.39, 0.29) is 23.3 Å². The number of benzene rings is 2. The van der Waals surface area contributed by atoms with Gasteiger partial charge in [0, 0.05) is 62.7 Å². The van der Waals surface area contributed by atoms with Crippen molar-refractivity contribution < 1.29 is 19.1 Å². The summed E-state index contributed by atoms with van der Waals surface area (Å²) in [6.07, 6.45) is 0.571. The summed E-state index contributed by atoms with van der Waals surface area (Å²) in [6, 6.07) is 10.8. The fraction of sp³-hybridized carbons (Fsp3) is 0.400. The highest BCUT2D eigenvalue weighted by Crippen LogP contribution is 2.25. The van der Waals surface area contributed by atoms with Crippen molar-refractivity contribution in [2.45, 2.75) is 19.9 Å². The molecule has 1 saturated heterocycles. The molecule has 174 valence electrons. The number of anilines is 1.